The predicted octanol–water partition coefficient (Wildman–Crippen LogP) is 2.90. The molecule has 86 valence electrons. The number of aryl methyl sites for hydroxylation is 1. The first kappa shape index (κ1) is 11.3. The van der Waals surface area contributed by atoms with Gasteiger partial charge in [0.05, 0.1) is 0 Å². The lowest BCUT2D eigenvalue weighted by Crippen LogP contribution is -1.96. The van der Waals surface area contributed by atoms with Crippen molar-refractivity contribution in [2.24, 2.45) is 0 Å². The highest BCUT2D eigenvalue weighted by Gasteiger charge is 2.05. The number of aromatic nitrogens is 4. The highest BCUT2D eigenvalue weighted by Crippen LogP contribution is 2.11. The number of rotatable bonds is 5. The zero-order valence-electron chi connectivity index (χ0n) is 9.36. The molecule has 4 nitrogen and oxygen atoms in total. The number of hydrogen-bond donors (Lipinski definition) is 0. The smallest absolute Gasteiger partial charge is 0.165 e. The fourth-order valence-electron chi connectivity index (χ4n) is 1.70. The van der Waals surface area contributed by atoms with E-state index in [2.05, 4.69) is 22.1 Å². The molecule has 2 rings (SSSR count). The van der Waals surface area contributed by atoms with E-state index in [0.717, 1.165) is 24.3 Å². The topological polar surface area (TPSA) is 43.1 Å². The maximum Gasteiger partial charge on any atom is 0.165 e. The Morgan fingerprint density at radius 2 is 2.12 bits per heavy atom. The van der Waals surface area contributed by atoms with Gasteiger partial charge in [-0.2, -0.15) is 0 Å². The second kappa shape index (κ2) is 5.25. The Balaban J connectivity index is 2.07. The molecular weight excluding hydrogens is 224 g/mol. The van der Waals surface area contributed by atoms with Gasteiger partial charge in [-0.3, -0.25) is 4.40 Å². The van der Waals surface area contributed by atoms with Crippen LogP contribution in [-0.4, -0.2) is 19.6 Å². The lowest BCUT2D eigenvalue weighted by molar-refractivity contribution is 0.648. The number of hydrogen-bond acceptors (Lipinski definition) is 3. The van der Waals surface area contributed by atoms with Gasteiger partial charge in [-0.25, -0.2) is 4.98 Å². The van der Waals surface area contributed by atoms with E-state index in [-0.39, 0.29) is 0 Å². The van der Waals surface area contributed by atoms with Crippen LogP contribution in [-0.2, 0) is 6.42 Å². The molecule has 0 saturated carbocycles. The molecule has 2 heterocycles. The van der Waals surface area contributed by atoms with Crippen LogP contribution in [0.1, 0.15) is 38.4 Å². The predicted molar refractivity (Wildman–Crippen MR) is 63.6 cm³/mol. The Kier molecular flexibility index (Phi) is 3.72. The van der Waals surface area contributed by atoms with Gasteiger partial charge < -0.3 is 0 Å². The van der Waals surface area contributed by atoms with E-state index in [1.54, 1.807) is 12.4 Å². The van der Waals surface area contributed by atoms with Gasteiger partial charge in [0.25, 0.3) is 0 Å². The summed E-state index contributed by atoms with van der Waals surface area (Å²) in [6.07, 6.45) is 7.56. The largest absolute Gasteiger partial charge is 0.269 e. The molecule has 0 aliphatic rings. The van der Waals surface area contributed by atoms with Crippen LogP contribution >= 0.6 is 11.6 Å². The van der Waals surface area contributed by atoms with Crippen molar-refractivity contribution in [3.05, 3.63) is 23.4 Å². The van der Waals surface area contributed by atoms with Crippen LogP contribution in [0.4, 0.5) is 0 Å². The van der Waals surface area contributed by atoms with Gasteiger partial charge in [0.1, 0.15) is 17.3 Å². The second-order valence-electron chi connectivity index (χ2n) is 3.87. The van der Waals surface area contributed by atoms with E-state index in [9.17, 15) is 0 Å². The Morgan fingerprint density at radius 1 is 1.25 bits per heavy atom. The first-order chi connectivity index (χ1) is 7.81. The molecule has 0 radical (unpaired) electrons. The molecule has 5 heteroatoms. The fraction of sp³-hybridized carbons (Fsp3) is 0.545. The zero-order chi connectivity index (χ0) is 11.4. The van der Waals surface area contributed by atoms with Crippen LogP contribution in [0.25, 0.3) is 5.65 Å². The Labute approximate surface area is 99.7 Å². The monoisotopic (exact) mass is 238 g/mol. The van der Waals surface area contributed by atoms with Crippen LogP contribution in [0.3, 0.4) is 0 Å². The second-order valence-corrected chi connectivity index (χ2v) is 4.25. The Bertz CT molecular complexity index is 466. The molecule has 0 unspecified atom stereocenters. The molecule has 2 aromatic rings. The van der Waals surface area contributed by atoms with Crippen molar-refractivity contribution in [3.8, 4) is 0 Å². The van der Waals surface area contributed by atoms with Crippen LogP contribution in [0, 0.1) is 0 Å². The third kappa shape index (κ3) is 2.50. The molecule has 0 aromatic carbocycles. The summed E-state index contributed by atoms with van der Waals surface area (Å²) in [6.45, 7) is 2.21. The minimum atomic E-state index is 0.456. The first-order valence-corrected chi connectivity index (χ1v) is 6.04. The highest BCUT2D eigenvalue weighted by molar-refractivity contribution is 6.29. The zero-order valence-corrected chi connectivity index (χ0v) is 10.1. The summed E-state index contributed by atoms with van der Waals surface area (Å²) < 4.78 is 1.90. The van der Waals surface area contributed by atoms with Crippen LogP contribution in [0.15, 0.2) is 12.4 Å². The molecule has 0 amide bonds. The highest BCUT2D eigenvalue weighted by atomic mass is 35.5. The van der Waals surface area contributed by atoms with Crippen molar-refractivity contribution in [3.63, 3.8) is 0 Å². The van der Waals surface area contributed by atoms with Crippen molar-refractivity contribution < 1.29 is 0 Å². The molecule has 0 saturated heterocycles. The van der Waals surface area contributed by atoms with Gasteiger partial charge in [-0.05, 0) is 6.42 Å². The van der Waals surface area contributed by atoms with E-state index in [4.69, 9.17) is 11.6 Å². The van der Waals surface area contributed by atoms with Gasteiger partial charge >= 0.3 is 0 Å². The van der Waals surface area contributed by atoms with Crippen molar-refractivity contribution in [1.29, 1.82) is 0 Å². The minimum Gasteiger partial charge on any atom is -0.269 e. The first-order valence-electron chi connectivity index (χ1n) is 5.66. The van der Waals surface area contributed by atoms with Gasteiger partial charge in [-0.1, -0.05) is 37.8 Å². The molecule has 0 fully saturated rings. The Morgan fingerprint density at radius 3 is 2.94 bits per heavy atom. The summed E-state index contributed by atoms with van der Waals surface area (Å²) in [7, 11) is 0. The lowest BCUT2D eigenvalue weighted by atomic mass is 10.1. The van der Waals surface area contributed by atoms with E-state index in [0.29, 0.717) is 5.15 Å². The maximum atomic E-state index is 5.78. The quantitative estimate of drug-likeness (QED) is 0.594. The summed E-state index contributed by atoms with van der Waals surface area (Å²) in [5.41, 5.74) is 0.769. The Hall–Kier alpha value is -1.16. The number of halogens is 1. The maximum absolute atomic E-state index is 5.78. The fourth-order valence-corrected chi connectivity index (χ4v) is 1.84. The SMILES string of the molecule is CCCCCCc1nnc2cc(Cl)ncn12. The van der Waals surface area contributed by atoms with Gasteiger partial charge in [-0.15, -0.1) is 10.2 Å². The molecule has 0 atom stereocenters. The third-order valence-electron chi connectivity index (χ3n) is 2.59. The minimum absolute atomic E-state index is 0.456. The van der Waals surface area contributed by atoms with Gasteiger partial charge in [0, 0.05) is 12.5 Å². The van der Waals surface area contributed by atoms with Crippen LogP contribution in [0.2, 0.25) is 5.15 Å². The normalized spacial score (nSPS) is 11.1. The van der Waals surface area contributed by atoms with Gasteiger partial charge in [0.15, 0.2) is 5.65 Å². The van der Waals surface area contributed by atoms with E-state index in [1.165, 1.54) is 19.3 Å². The van der Waals surface area contributed by atoms with E-state index >= 15 is 0 Å². The average Bonchev–Trinajstić information content (AvgIpc) is 2.67. The summed E-state index contributed by atoms with van der Waals surface area (Å²) in [5.74, 6) is 0.968. The molecule has 0 N–H and O–H groups in total. The molecule has 0 spiro atoms. The van der Waals surface area contributed by atoms with E-state index < -0.39 is 0 Å². The average molecular weight is 239 g/mol. The molecular formula is C11H15ClN4. The summed E-state index contributed by atoms with van der Waals surface area (Å²) in [5, 5.41) is 8.67. The van der Waals surface area contributed by atoms with Crippen molar-refractivity contribution >= 4 is 17.2 Å². The summed E-state index contributed by atoms with van der Waals surface area (Å²) in [6, 6.07) is 1.73. The number of unbranched alkanes of at least 4 members (excludes halogenated alkanes) is 3. The molecule has 16 heavy (non-hydrogen) atoms. The molecule has 2 aromatic heterocycles. The standard InChI is InChI=1S/C11H15ClN4/c1-2-3-4-5-6-10-14-15-11-7-9(12)13-8-16(10)11/h7-8H,2-6H2,1H3. The van der Waals surface area contributed by atoms with E-state index in [1.807, 2.05) is 4.40 Å². The molecule has 0 aliphatic heterocycles. The van der Waals surface area contributed by atoms with Crippen molar-refractivity contribution in [1.82, 2.24) is 19.6 Å². The van der Waals surface area contributed by atoms with Gasteiger partial charge in [0.2, 0.25) is 0 Å². The van der Waals surface area contributed by atoms with Crippen LogP contribution in [0.5, 0.6) is 0 Å². The summed E-state index contributed by atoms with van der Waals surface area (Å²) >= 11 is 5.78. The van der Waals surface area contributed by atoms with Crippen LogP contribution < -0.4 is 0 Å². The molecule has 0 bridgehead atoms. The van der Waals surface area contributed by atoms with Crippen molar-refractivity contribution in [2.45, 2.75) is 39.0 Å². The lowest BCUT2D eigenvalue weighted by Gasteiger charge is -1.99. The number of nitrogens with zero attached hydrogens (tertiary/aromatic N) is 4. The molecule has 0 aliphatic carbocycles. The summed E-state index contributed by atoms with van der Waals surface area (Å²) in [4.78, 5) is 4.03. The number of fused-ring (bicyclic) bond motifs is 1. The van der Waals surface area contributed by atoms with Crippen molar-refractivity contribution in [2.75, 3.05) is 0 Å². The third-order valence-corrected chi connectivity index (χ3v) is 2.80.